The molecule has 0 bridgehead atoms. The molecule has 0 spiro atoms. The highest BCUT2D eigenvalue weighted by Crippen LogP contribution is 2.03. The third-order valence-electron chi connectivity index (χ3n) is 1.77. The third kappa shape index (κ3) is 5.66. The molecule has 0 aliphatic heterocycles. The lowest BCUT2D eigenvalue weighted by Crippen LogP contribution is -2.29. The summed E-state index contributed by atoms with van der Waals surface area (Å²) in [7, 11) is 0. The maximum Gasteiger partial charge on any atom is 0.404 e. The Morgan fingerprint density at radius 3 is 2.55 bits per heavy atom. The highest BCUT2D eigenvalue weighted by Gasteiger charge is 2.06. The molecular weight excluding hydrogens is 144 g/mol. The monoisotopic (exact) mass is 160 g/mol. The van der Waals surface area contributed by atoms with Crippen molar-refractivity contribution in [2.24, 2.45) is 11.7 Å². The van der Waals surface area contributed by atoms with Gasteiger partial charge in [-0.25, -0.2) is 4.79 Å². The lowest BCUT2D eigenvalue weighted by Gasteiger charge is -2.14. The van der Waals surface area contributed by atoms with Crippen molar-refractivity contribution >= 4 is 6.09 Å². The van der Waals surface area contributed by atoms with Crippen LogP contribution in [0.2, 0.25) is 0 Å². The van der Waals surface area contributed by atoms with Crippen LogP contribution in [0.5, 0.6) is 0 Å². The van der Waals surface area contributed by atoms with E-state index >= 15 is 0 Å². The topological polar surface area (TPSA) is 75.3 Å². The fourth-order valence-corrected chi connectivity index (χ4v) is 0.670. The van der Waals surface area contributed by atoms with Crippen molar-refractivity contribution < 1.29 is 9.90 Å². The summed E-state index contributed by atoms with van der Waals surface area (Å²) in [6.45, 7) is 4.41. The predicted octanol–water partition coefficient (Wildman–Crippen LogP) is 0.627. The van der Waals surface area contributed by atoms with Gasteiger partial charge < -0.3 is 16.2 Å². The molecule has 0 saturated carbocycles. The average Bonchev–Trinajstić information content (AvgIpc) is 1.86. The zero-order valence-electron chi connectivity index (χ0n) is 7.00. The molecule has 0 saturated heterocycles. The lowest BCUT2D eigenvalue weighted by molar-refractivity contribution is 0.193. The number of nitrogens with one attached hydrogen (secondary N) is 1. The first-order chi connectivity index (χ1) is 5.04. The van der Waals surface area contributed by atoms with Crippen LogP contribution in [0.25, 0.3) is 0 Å². The molecule has 2 unspecified atom stereocenters. The Labute approximate surface area is 66.8 Å². The summed E-state index contributed by atoms with van der Waals surface area (Å²) >= 11 is 0. The second-order valence-electron chi connectivity index (χ2n) is 2.86. The summed E-state index contributed by atoms with van der Waals surface area (Å²) in [5.41, 5.74) is 5.58. The van der Waals surface area contributed by atoms with Gasteiger partial charge in [-0.2, -0.15) is 0 Å². The minimum absolute atomic E-state index is 0.130. The van der Waals surface area contributed by atoms with Crippen LogP contribution >= 0.6 is 0 Å². The van der Waals surface area contributed by atoms with E-state index in [-0.39, 0.29) is 6.04 Å². The largest absolute Gasteiger partial charge is 0.465 e. The molecule has 0 fully saturated rings. The van der Waals surface area contributed by atoms with Crippen molar-refractivity contribution in [3.05, 3.63) is 0 Å². The van der Waals surface area contributed by atoms with Crippen molar-refractivity contribution in [3.63, 3.8) is 0 Å². The van der Waals surface area contributed by atoms with Crippen LogP contribution in [-0.2, 0) is 0 Å². The second kappa shape index (κ2) is 4.96. The standard InChI is InChI=1S/C7H16N2O2/c1-5(6(2)8)3-4-9-7(10)11/h5-6,9H,3-4,8H2,1-2H3,(H,10,11). The number of nitrogens with two attached hydrogens (primary N) is 1. The van der Waals surface area contributed by atoms with Crippen LogP contribution in [0.1, 0.15) is 20.3 Å². The molecule has 0 aliphatic rings. The SMILES string of the molecule is CC(N)C(C)CCNC(=O)O. The Kier molecular flexibility index (Phi) is 4.61. The van der Waals surface area contributed by atoms with Gasteiger partial charge in [-0.05, 0) is 19.3 Å². The van der Waals surface area contributed by atoms with Crippen LogP contribution in [0.3, 0.4) is 0 Å². The number of hydrogen-bond acceptors (Lipinski definition) is 2. The molecular formula is C7H16N2O2. The molecule has 0 rings (SSSR count). The summed E-state index contributed by atoms with van der Waals surface area (Å²) in [5.74, 6) is 0.363. The van der Waals surface area contributed by atoms with Gasteiger partial charge in [0, 0.05) is 12.6 Å². The third-order valence-corrected chi connectivity index (χ3v) is 1.77. The molecule has 0 aliphatic carbocycles. The maximum atomic E-state index is 10.0. The van der Waals surface area contributed by atoms with Gasteiger partial charge in [0.1, 0.15) is 0 Å². The van der Waals surface area contributed by atoms with E-state index in [0.717, 1.165) is 6.42 Å². The van der Waals surface area contributed by atoms with Gasteiger partial charge in [-0.3, -0.25) is 0 Å². The van der Waals surface area contributed by atoms with Gasteiger partial charge >= 0.3 is 6.09 Å². The molecule has 66 valence electrons. The molecule has 0 heterocycles. The van der Waals surface area contributed by atoms with E-state index in [4.69, 9.17) is 10.8 Å². The summed E-state index contributed by atoms with van der Waals surface area (Å²) in [4.78, 5) is 10.0. The normalized spacial score (nSPS) is 15.5. The minimum atomic E-state index is -0.970. The zero-order chi connectivity index (χ0) is 8.85. The molecule has 4 nitrogen and oxygen atoms in total. The second-order valence-corrected chi connectivity index (χ2v) is 2.86. The van der Waals surface area contributed by atoms with E-state index in [1.807, 2.05) is 13.8 Å². The van der Waals surface area contributed by atoms with Crippen LogP contribution in [0, 0.1) is 5.92 Å². The minimum Gasteiger partial charge on any atom is -0.465 e. The number of carboxylic acid groups (broad SMARTS) is 1. The van der Waals surface area contributed by atoms with Gasteiger partial charge in [0.15, 0.2) is 0 Å². The summed E-state index contributed by atoms with van der Waals surface area (Å²) < 4.78 is 0. The predicted molar refractivity (Wildman–Crippen MR) is 43.5 cm³/mol. The molecule has 0 radical (unpaired) electrons. The van der Waals surface area contributed by atoms with Crippen molar-refractivity contribution in [3.8, 4) is 0 Å². The molecule has 0 aromatic carbocycles. The molecule has 11 heavy (non-hydrogen) atoms. The van der Waals surface area contributed by atoms with Gasteiger partial charge in [0.25, 0.3) is 0 Å². The Morgan fingerprint density at radius 2 is 2.18 bits per heavy atom. The van der Waals surface area contributed by atoms with E-state index in [1.54, 1.807) is 0 Å². The van der Waals surface area contributed by atoms with Gasteiger partial charge in [0.2, 0.25) is 0 Å². The Hall–Kier alpha value is -0.770. The fourth-order valence-electron chi connectivity index (χ4n) is 0.670. The van der Waals surface area contributed by atoms with Gasteiger partial charge in [-0.15, -0.1) is 0 Å². The highest BCUT2D eigenvalue weighted by atomic mass is 16.4. The van der Waals surface area contributed by atoms with Crippen molar-refractivity contribution in [1.29, 1.82) is 0 Å². The molecule has 4 N–H and O–H groups in total. The number of rotatable bonds is 4. The number of amides is 1. The van der Waals surface area contributed by atoms with Crippen LogP contribution in [0.15, 0.2) is 0 Å². The first-order valence-corrected chi connectivity index (χ1v) is 3.76. The quantitative estimate of drug-likeness (QED) is 0.564. The van der Waals surface area contributed by atoms with Crippen LogP contribution in [0.4, 0.5) is 4.79 Å². The highest BCUT2D eigenvalue weighted by molar-refractivity contribution is 5.64. The summed E-state index contributed by atoms with van der Waals surface area (Å²) in [6.07, 6.45) is -0.175. The van der Waals surface area contributed by atoms with E-state index in [1.165, 1.54) is 0 Å². The Bertz CT molecular complexity index is 126. The summed E-state index contributed by atoms with van der Waals surface area (Å²) in [5, 5.41) is 10.5. The van der Waals surface area contributed by atoms with Crippen molar-refractivity contribution in [2.75, 3.05) is 6.54 Å². The Morgan fingerprint density at radius 1 is 1.64 bits per heavy atom. The first-order valence-electron chi connectivity index (χ1n) is 3.76. The zero-order valence-corrected chi connectivity index (χ0v) is 7.00. The molecule has 4 heteroatoms. The average molecular weight is 160 g/mol. The fraction of sp³-hybridized carbons (Fsp3) is 0.857. The van der Waals surface area contributed by atoms with E-state index < -0.39 is 6.09 Å². The van der Waals surface area contributed by atoms with Crippen molar-refractivity contribution in [2.45, 2.75) is 26.3 Å². The number of carbonyl (C=O) groups is 1. The first kappa shape index (κ1) is 10.2. The van der Waals surface area contributed by atoms with E-state index in [9.17, 15) is 4.79 Å². The number of hydrogen-bond donors (Lipinski definition) is 3. The Balaban J connectivity index is 3.31. The smallest absolute Gasteiger partial charge is 0.404 e. The van der Waals surface area contributed by atoms with Crippen LogP contribution in [-0.4, -0.2) is 23.8 Å². The van der Waals surface area contributed by atoms with Crippen molar-refractivity contribution in [1.82, 2.24) is 5.32 Å². The molecule has 1 amide bonds. The van der Waals surface area contributed by atoms with E-state index in [0.29, 0.717) is 12.5 Å². The van der Waals surface area contributed by atoms with Gasteiger partial charge in [0.05, 0.1) is 0 Å². The van der Waals surface area contributed by atoms with Crippen LogP contribution < -0.4 is 11.1 Å². The molecule has 2 atom stereocenters. The lowest BCUT2D eigenvalue weighted by atomic mass is 10.0. The van der Waals surface area contributed by atoms with E-state index in [2.05, 4.69) is 5.32 Å². The molecule has 0 aromatic rings. The maximum absolute atomic E-state index is 10.0. The molecule has 0 aromatic heterocycles. The summed E-state index contributed by atoms with van der Waals surface area (Å²) in [6, 6.07) is 0.130. The van der Waals surface area contributed by atoms with Gasteiger partial charge in [-0.1, -0.05) is 6.92 Å².